The molecule has 1 aliphatic rings. The summed E-state index contributed by atoms with van der Waals surface area (Å²) in [6.45, 7) is 0. The zero-order valence-electron chi connectivity index (χ0n) is 9.04. The van der Waals surface area contributed by atoms with Crippen LogP contribution in [0.3, 0.4) is 0 Å². The Labute approximate surface area is 98.6 Å². The summed E-state index contributed by atoms with van der Waals surface area (Å²) in [5, 5.41) is 0. The van der Waals surface area contributed by atoms with E-state index in [2.05, 4.69) is 15.0 Å². The molecule has 0 aliphatic carbocycles. The van der Waals surface area contributed by atoms with Crippen LogP contribution >= 0.6 is 0 Å². The molecule has 0 amide bonds. The molecule has 1 aromatic heterocycles. The lowest BCUT2D eigenvalue weighted by atomic mass is 10.1. The van der Waals surface area contributed by atoms with Gasteiger partial charge in [0.2, 0.25) is 0 Å². The molecule has 0 fully saturated rings. The highest BCUT2D eigenvalue weighted by Crippen LogP contribution is 2.19. The van der Waals surface area contributed by atoms with Crippen LogP contribution < -0.4 is 5.73 Å². The van der Waals surface area contributed by atoms with Crippen molar-refractivity contribution in [2.75, 3.05) is 0 Å². The molecule has 2 aromatic rings. The summed E-state index contributed by atoms with van der Waals surface area (Å²) in [4.78, 5) is 12.8. The first kappa shape index (κ1) is 9.72. The molecule has 2 N–H and O–H groups in total. The molecule has 3 rings (SSSR count). The van der Waals surface area contributed by atoms with E-state index in [1.807, 2.05) is 42.5 Å². The Morgan fingerprint density at radius 3 is 2.47 bits per heavy atom. The molecule has 4 heteroatoms. The third kappa shape index (κ3) is 1.69. The number of benzene rings is 1. The Hall–Kier alpha value is -2.49. The van der Waals surface area contributed by atoms with Gasteiger partial charge >= 0.3 is 0 Å². The number of hydrogen-bond donors (Lipinski definition) is 1. The van der Waals surface area contributed by atoms with Crippen LogP contribution in [0.15, 0.2) is 58.6 Å². The van der Waals surface area contributed by atoms with Crippen molar-refractivity contribution in [1.82, 2.24) is 4.98 Å². The number of amidine groups is 2. The van der Waals surface area contributed by atoms with Crippen LogP contribution in [0.5, 0.6) is 0 Å². The minimum Gasteiger partial charge on any atom is -0.383 e. The van der Waals surface area contributed by atoms with Crippen LogP contribution in [0.4, 0.5) is 5.82 Å². The average molecular weight is 222 g/mol. The summed E-state index contributed by atoms with van der Waals surface area (Å²) in [6.07, 6.45) is 1.70. The SMILES string of the molecule is NC1=N/C(=N\c2ccccn2)c2ccccc21. The van der Waals surface area contributed by atoms with Crippen molar-refractivity contribution < 1.29 is 0 Å². The number of rotatable bonds is 1. The molecule has 0 spiro atoms. The molecule has 0 saturated heterocycles. The largest absolute Gasteiger partial charge is 0.383 e. The molecular weight excluding hydrogens is 212 g/mol. The van der Waals surface area contributed by atoms with Gasteiger partial charge in [0.1, 0.15) is 5.84 Å². The van der Waals surface area contributed by atoms with Gasteiger partial charge < -0.3 is 5.73 Å². The second kappa shape index (κ2) is 3.83. The van der Waals surface area contributed by atoms with E-state index in [0.717, 1.165) is 11.1 Å². The van der Waals surface area contributed by atoms with Gasteiger partial charge in [-0.25, -0.2) is 15.0 Å². The fourth-order valence-corrected chi connectivity index (χ4v) is 1.75. The van der Waals surface area contributed by atoms with Crippen LogP contribution in [0.2, 0.25) is 0 Å². The highest BCUT2D eigenvalue weighted by atomic mass is 15.0. The van der Waals surface area contributed by atoms with E-state index in [-0.39, 0.29) is 0 Å². The van der Waals surface area contributed by atoms with Crippen molar-refractivity contribution in [1.29, 1.82) is 0 Å². The van der Waals surface area contributed by atoms with Crippen LogP contribution in [0.25, 0.3) is 0 Å². The van der Waals surface area contributed by atoms with E-state index in [9.17, 15) is 0 Å². The number of aromatic nitrogens is 1. The van der Waals surface area contributed by atoms with Gasteiger partial charge in [-0.2, -0.15) is 0 Å². The molecule has 1 aromatic carbocycles. The number of nitrogens with two attached hydrogens (primary N) is 1. The molecule has 17 heavy (non-hydrogen) atoms. The second-order valence-electron chi connectivity index (χ2n) is 3.67. The predicted octanol–water partition coefficient (Wildman–Crippen LogP) is 1.88. The number of nitrogens with zero attached hydrogens (tertiary/aromatic N) is 3. The van der Waals surface area contributed by atoms with E-state index in [1.165, 1.54) is 0 Å². The lowest BCUT2D eigenvalue weighted by Crippen LogP contribution is -2.09. The van der Waals surface area contributed by atoms with Gasteiger partial charge in [0, 0.05) is 17.3 Å². The minimum atomic E-state index is 0.510. The van der Waals surface area contributed by atoms with Crippen LogP contribution in [0, 0.1) is 0 Å². The maximum atomic E-state index is 5.84. The number of hydrogen-bond acceptors (Lipinski definition) is 3. The summed E-state index contributed by atoms with van der Waals surface area (Å²) >= 11 is 0. The Balaban J connectivity index is 2.10. The van der Waals surface area contributed by atoms with E-state index >= 15 is 0 Å². The summed E-state index contributed by atoms with van der Waals surface area (Å²) in [6, 6.07) is 13.4. The molecule has 0 bridgehead atoms. The van der Waals surface area contributed by atoms with Crippen LogP contribution in [0.1, 0.15) is 11.1 Å². The third-order valence-corrected chi connectivity index (χ3v) is 2.54. The summed E-state index contributed by atoms with van der Waals surface area (Å²) < 4.78 is 0. The normalized spacial score (nSPS) is 15.8. The van der Waals surface area contributed by atoms with Gasteiger partial charge in [0.05, 0.1) is 0 Å². The van der Waals surface area contributed by atoms with Gasteiger partial charge in [0.15, 0.2) is 11.7 Å². The zero-order chi connectivity index (χ0) is 11.7. The Morgan fingerprint density at radius 1 is 0.941 bits per heavy atom. The Morgan fingerprint density at radius 2 is 1.71 bits per heavy atom. The first-order valence-corrected chi connectivity index (χ1v) is 5.28. The molecule has 0 radical (unpaired) electrons. The Bertz CT molecular complexity index is 614. The smallest absolute Gasteiger partial charge is 0.164 e. The maximum Gasteiger partial charge on any atom is 0.164 e. The van der Waals surface area contributed by atoms with E-state index in [0.29, 0.717) is 17.5 Å². The molecule has 82 valence electrons. The van der Waals surface area contributed by atoms with Crippen molar-refractivity contribution in [3.05, 3.63) is 59.8 Å². The molecule has 0 unspecified atom stereocenters. The van der Waals surface area contributed by atoms with Gasteiger partial charge in [-0.05, 0) is 12.1 Å². The first-order valence-electron chi connectivity index (χ1n) is 5.28. The van der Waals surface area contributed by atoms with Crippen molar-refractivity contribution in [2.45, 2.75) is 0 Å². The van der Waals surface area contributed by atoms with Crippen molar-refractivity contribution in [2.24, 2.45) is 15.7 Å². The number of aliphatic imine (C=N–C) groups is 2. The lowest BCUT2D eigenvalue weighted by Gasteiger charge is -1.97. The molecule has 0 atom stereocenters. The first-order chi connectivity index (χ1) is 8.34. The second-order valence-corrected chi connectivity index (χ2v) is 3.67. The van der Waals surface area contributed by atoms with E-state index in [1.54, 1.807) is 6.20 Å². The van der Waals surface area contributed by atoms with Crippen molar-refractivity contribution in [3.63, 3.8) is 0 Å². The van der Waals surface area contributed by atoms with Gasteiger partial charge in [-0.1, -0.05) is 30.3 Å². The van der Waals surface area contributed by atoms with Crippen molar-refractivity contribution >= 4 is 17.5 Å². The van der Waals surface area contributed by atoms with Crippen LogP contribution in [-0.4, -0.2) is 16.7 Å². The minimum absolute atomic E-state index is 0.510. The monoisotopic (exact) mass is 222 g/mol. The van der Waals surface area contributed by atoms with Gasteiger partial charge in [0.25, 0.3) is 0 Å². The third-order valence-electron chi connectivity index (χ3n) is 2.54. The van der Waals surface area contributed by atoms with Gasteiger partial charge in [-0.15, -0.1) is 0 Å². The highest BCUT2D eigenvalue weighted by molar-refractivity contribution is 6.22. The predicted molar refractivity (Wildman–Crippen MR) is 67.6 cm³/mol. The maximum absolute atomic E-state index is 5.84. The van der Waals surface area contributed by atoms with E-state index < -0.39 is 0 Å². The number of fused-ring (bicyclic) bond motifs is 1. The van der Waals surface area contributed by atoms with Gasteiger partial charge in [-0.3, -0.25) is 0 Å². The fraction of sp³-hybridized carbons (Fsp3) is 0. The number of pyridine rings is 1. The summed E-state index contributed by atoms with van der Waals surface area (Å²) in [5.74, 6) is 1.77. The van der Waals surface area contributed by atoms with Crippen molar-refractivity contribution in [3.8, 4) is 0 Å². The zero-order valence-corrected chi connectivity index (χ0v) is 9.04. The molecule has 4 nitrogen and oxygen atoms in total. The molecular formula is C13H10N4. The molecule has 2 heterocycles. The Kier molecular flexibility index (Phi) is 2.19. The fourth-order valence-electron chi connectivity index (χ4n) is 1.75. The standard InChI is InChI=1S/C13H10N4/c14-12-9-5-1-2-6-10(9)13(17-12)16-11-7-3-4-8-15-11/h1-8H,(H2,14,15,16,17). The quantitative estimate of drug-likeness (QED) is 0.800. The van der Waals surface area contributed by atoms with E-state index in [4.69, 9.17) is 5.73 Å². The highest BCUT2D eigenvalue weighted by Gasteiger charge is 2.18. The summed E-state index contributed by atoms with van der Waals surface area (Å²) in [5.41, 5.74) is 7.73. The summed E-state index contributed by atoms with van der Waals surface area (Å²) in [7, 11) is 0. The lowest BCUT2D eigenvalue weighted by molar-refractivity contribution is 1.27. The molecule has 0 saturated carbocycles. The molecule has 1 aliphatic heterocycles. The topological polar surface area (TPSA) is 63.6 Å². The average Bonchev–Trinajstić information content (AvgIpc) is 2.69. The van der Waals surface area contributed by atoms with Crippen LogP contribution in [-0.2, 0) is 0 Å².